The van der Waals surface area contributed by atoms with Crippen LogP contribution in [0.5, 0.6) is 0 Å². The Bertz CT molecular complexity index is 292. The molecule has 1 saturated heterocycles. The van der Waals surface area contributed by atoms with Crippen LogP contribution in [0.1, 0.15) is 18.4 Å². The van der Waals surface area contributed by atoms with Crippen molar-refractivity contribution in [2.24, 2.45) is 5.73 Å². The number of rotatable bonds is 1. The summed E-state index contributed by atoms with van der Waals surface area (Å²) in [6, 6.07) is 9.16. The highest BCUT2D eigenvalue weighted by atomic mass is 35.5. The summed E-state index contributed by atoms with van der Waals surface area (Å²) in [6.45, 7) is 4.32. The van der Waals surface area contributed by atoms with Crippen LogP contribution >= 0.6 is 24.8 Å². The van der Waals surface area contributed by atoms with Gasteiger partial charge < -0.3 is 10.6 Å². The Balaban J connectivity index is 0.00000112. The average molecular weight is 263 g/mol. The molecule has 2 rings (SSSR count). The maximum atomic E-state index is 5.87. The van der Waals surface area contributed by atoms with E-state index in [0.29, 0.717) is 6.04 Å². The summed E-state index contributed by atoms with van der Waals surface area (Å²) in [6.07, 6.45) is 2.24. The lowest BCUT2D eigenvalue weighted by atomic mass is 10.1. The van der Waals surface area contributed by atoms with Gasteiger partial charge in [-0.2, -0.15) is 0 Å². The van der Waals surface area contributed by atoms with Crippen LogP contribution in [0, 0.1) is 6.92 Å². The van der Waals surface area contributed by atoms with E-state index in [4.69, 9.17) is 5.73 Å². The van der Waals surface area contributed by atoms with Crippen LogP contribution in [0.4, 0.5) is 5.69 Å². The molecule has 1 aliphatic heterocycles. The van der Waals surface area contributed by atoms with Gasteiger partial charge in [-0.15, -0.1) is 24.8 Å². The van der Waals surface area contributed by atoms with Crippen LogP contribution in [-0.2, 0) is 0 Å². The second-order valence-electron chi connectivity index (χ2n) is 4.16. The fraction of sp³-hybridized carbons (Fsp3) is 0.500. The molecule has 0 unspecified atom stereocenters. The first kappa shape index (κ1) is 15.6. The van der Waals surface area contributed by atoms with Crippen LogP contribution in [0.25, 0.3) is 0 Å². The van der Waals surface area contributed by atoms with Crippen molar-refractivity contribution < 1.29 is 0 Å². The quantitative estimate of drug-likeness (QED) is 0.844. The molecule has 1 heterocycles. The second-order valence-corrected chi connectivity index (χ2v) is 4.16. The Labute approximate surface area is 110 Å². The van der Waals surface area contributed by atoms with E-state index >= 15 is 0 Å². The number of halogens is 2. The lowest BCUT2D eigenvalue weighted by Gasteiger charge is -2.32. The zero-order valence-corrected chi connectivity index (χ0v) is 11.2. The highest BCUT2D eigenvalue weighted by Gasteiger charge is 2.15. The van der Waals surface area contributed by atoms with E-state index in [2.05, 4.69) is 36.1 Å². The third-order valence-corrected chi connectivity index (χ3v) is 2.94. The van der Waals surface area contributed by atoms with E-state index in [0.717, 1.165) is 25.9 Å². The van der Waals surface area contributed by atoms with E-state index in [-0.39, 0.29) is 24.8 Å². The van der Waals surface area contributed by atoms with Gasteiger partial charge in [0.1, 0.15) is 0 Å². The fourth-order valence-electron chi connectivity index (χ4n) is 1.91. The molecule has 16 heavy (non-hydrogen) atoms. The Hall–Kier alpha value is -0.440. The first-order valence-corrected chi connectivity index (χ1v) is 5.33. The van der Waals surface area contributed by atoms with Crippen LogP contribution in [0.3, 0.4) is 0 Å². The van der Waals surface area contributed by atoms with Gasteiger partial charge in [-0.25, -0.2) is 0 Å². The zero-order valence-electron chi connectivity index (χ0n) is 9.56. The summed E-state index contributed by atoms with van der Waals surface area (Å²) < 4.78 is 0. The molecule has 0 aliphatic carbocycles. The van der Waals surface area contributed by atoms with Crippen LogP contribution in [-0.4, -0.2) is 19.1 Å². The van der Waals surface area contributed by atoms with Crippen molar-refractivity contribution in [2.75, 3.05) is 18.0 Å². The number of piperidine rings is 1. The van der Waals surface area contributed by atoms with E-state index < -0.39 is 0 Å². The SMILES string of the molecule is Cc1ccc(N2CCC(N)CC2)cc1.Cl.Cl. The number of benzene rings is 1. The molecule has 4 heteroatoms. The van der Waals surface area contributed by atoms with Gasteiger partial charge in [0.05, 0.1) is 0 Å². The van der Waals surface area contributed by atoms with Crippen molar-refractivity contribution in [1.82, 2.24) is 0 Å². The highest BCUT2D eigenvalue weighted by molar-refractivity contribution is 5.85. The molecule has 1 aliphatic rings. The molecule has 0 radical (unpaired) electrons. The minimum Gasteiger partial charge on any atom is -0.371 e. The third kappa shape index (κ3) is 3.85. The number of nitrogens with two attached hydrogens (primary N) is 1. The summed E-state index contributed by atoms with van der Waals surface area (Å²) >= 11 is 0. The van der Waals surface area contributed by atoms with Gasteiger partial charge in [0.15, 0.2) is 0 Å². The van der Waals surface area contributed by atoms with Crippen molar-refractivity contribution >= 4 is 30.5 Å². The summed E-state index contributed by atoms with van der Waals surface area (Å²) in [5.74, 6) is 0. The van der Waals surface area contributed by atoms with Crippen molar-refractivity contribution in [1.29, 1.82) is 0 Å². The molecule has 0 atom stereocenters. The Kier molecular flexibility index (Phi) is 6.81. The Morgan fingerprint density at radius 3 is 2.06 bits per heavy atom. The van der Waals surface area contributed by atoms with Gasteiger partial charge >= 0.3 is 0 Å². The molecule has 92 valence electrons. The van der Waals surface area contributed by atoms with Crippen LogP contribution in [0.15, 0.2) is 24.3 Å². The topological polar surface area (TPSA) is 29.3 Å². The van der Waals surface area contributed by atoms with Crippen LogP contribution < -0.4 is 10.6 Å². The predicted molar refractivity (Wildman–Crippen MR) is 75.1 cm³/mol. The molecule has 1 aromatic carbocycles. The molecule has 2 N–H and O–H groups in total. The predicted octanol–water partition coefficient (Wildman–Crippen LogP) is 2.77. The summed E-state index contributed by atoms with van der Waals surface area (Å²) in [7, 11) is 0. The molecule has 0 spiro atoms. The molecule has 2 nitrogen and oxygen atoms in total. The normalized spacial score (nSPS) is 16.2. The fourth-order valence-corrected chi connectivity index (χ4v) is 1.91. The third-order valence-electron chi connectivity index (χ3n) is 2.94. The number of nitrogens with zero attached hydrogens (tertiary/aromatic N) is 1. The lowest BCUT2D eigenvalue weighted by molar-refractivity contribution is 0.501. The van der Waals surface area contributed by atoms with Crippen molar-refractivity contribution in [2.45, 2.75) is 25.8 Å². The number of aryl methyl sites for hydroxylation is 1. The van der Waals surface area contributed by atoms with E-state index in [9.17, 15) is 0 Å². The van der Waals surface area contributed by atoms with Crippen LogP contribution in [0.2, 0.25) is 0 Å². The second kappa shape index (κ2) is 7.00. The average Bonchev–Trinajstić information content (AvgIpc) is 2.21. The summed E-state index contributed by atoms with van der Waals surface area (Å²) in [5, 5.41) is 0. The number of hydrogen-bond donors (Lipinski definition) is 1. The minimum atomic E-state index is 0. The van der Waals surface area contributed by atoms with Gasteiger partial charge in [-0.1, -0.05) is 17.7 Å². The summed E-state index contributed by atoms with van der Waals surface area (Å²) in [4.78, 5) is 2.42. The number of anilines is 1. The maximum absolute atomic E-state index is 5.87. The smallest absolute Gasteiger partial charge is 0.0366 e. The van der Waals surface area contributed by atoms with Gasteiger partial charge in [0.2, 0.25) is 0 Å². The van der Waals surface area contributed by atoms with Gasteiger partial charge in [0.25, 0.3) is 0 Å². The molecule has 1 aromatic rings. The standard InChI is InChI=1S/C12H18N2.2ClH/c1-10-2-4-12(5-3-10)14-8-6-11(13)7-9-14;;/h2-5,11H,6-9,13H2,1H3;2*1H. The first-order chi connectivity index (χ1) is 6.75. The highest BCUT2D eigenvalue weighted by Crippen LogP contribution is 2.19. The molecule has 0 amide bonds. The maximum Gasteiger partial charge on any atom is 0.0366 e. The van der Waals surface area contributed by atoms with Crippen molar-refractivity contribution in [3.63, 3.8) is 0 Å². The van der Waals surface area contributed by atoms with E-state index in [1.807, 2.05) is 0 Å². The van der Waals surface area contributed by atoms with Gasteiger partial charge in [-0.3, -0.25) is 0 Å². The van der Waals surface area contributed by atoms with E-state index in [1.54, 1.807) is 0 Å². The largest absolute Gasteiger partial charge is 0.371 e. The molecular formula is C12H20Cl2N2. The van der Waals surface area contributed by atoms with Gasteiger partial charge in [-0.05, 0) is 31.9 Å². The number of hydrogen-bond acceptors (Lipinski definition) is 2. The van der Waals surface area contributed by atoms with Crippen molar-refractivity contribution in [3.05, 3.63) is 29.8 Å². The van der Waals surface area contributed by atoms with E-state index in [1.165, 1.54) is 11.3 Å². The van der Waals surface area contributed by atoms with Gasteiger partial charge in [0, 0.05) is 24.8 Å². The Morgan fingerprint density at radius 2 is 1.56 bits per heavy atom. The monoisotopic (exact) mass is 262 g/mol. The van der Waals surface area contributed by atoms with Crippen molar-refractivity contribution in [3.8, 4) is 0 Å². The molecule has 1 fully saturated rings. The lowest BCUT2D eigenvalue weighted by Crippen LogP contribution is -2.39. The first-order valence-electron chi connectivity index (χ1n) is 5.33. The molecule has 0 aromatic heterocycles. The Morgan fingerprint density at radius 1 is 1.06 bits per heavy atom. The zero-order chi connectivity index (χ0) is 9.97. The molecular weight excluding hydrogens is 243 g/mol. The summed E-state index contributed by atoms with van der Waals surface area (Å²) in [5.41, 5.74) is 8.53. The minimum absolute atomic E-state index is 0. The molecule has 0 saturated carbocycles. The molecule has 0 bridgehead atoms.